The lowest BCUT2D eigenvalue weighted by Gasteiger charge is -2.35. The topological polar surface area (TPSA) is 61.9 Å². The summed E-state index contributed by atoms with van der Waals surface area (Å²) < 4.78 is 6.34. The normalized spacial score (nSPS) is 15.8. The second-order valence-electron chi connectivity index (χ2n) is 7.07. The molecule has 1 aliphatic heterocycles. The summed E-state index contributed by atoms with van der Waals surface area (Å²) in [4.78, 5) is 28.1. The number of piperazine rings is 1. The maximum Gasteiger partial charge on any atom is 0.410 e. The molecule has 0 bridgehead atoms. The molecule has 25 heavy (non-hydrogen) atoms. The number of hydrogen-bond donors (Lipinski definition) is 1. The fourth-order valence-corrected chi connectivity index (χ4v) is 2.78. The highest BCUT2D eigenvalue weighted by atomic mass is 79.9. The summed E-state index contributed by atoms with van der Waals surface area (Å²) in [6, 6.07) is 7.29. The Morgan fingerprint density at radius 2 is 1.72 bits per heavy atom. The molecule has 1 aliphatic rings. The van der Waals surface area contributed by atoms with E-state index in [1.54, 1.807) is 17.0 Å². The van der Waals surface area contributed by atoms with Crippen molar-refractivity contribution in [2.45, 2.75) is 26.4 Å². The van der Waals surface area contributed by atoms with Crippen molar-refractivity contribution in [1.82, 2.24) is 15.1 Å². The molecule has 0 radical (unpaired) electrons. The fourth-order valence-electron chi connectivity index (χ4n) is 2.51. The van der Waals surface area contributed by atoms with E-state index in [9.17, 15) is 9.59 Å². The van der Waals surface area contributed by atoms with E-state index in [1.807, 2.05) is 32.9 Å². The third-order valence-corrected chi connectivity index (χ3v) is 4.37. The lowest BCUT2D eigenvalue weighted by Crippen LogP contribution is -2.51. The molecule has 0 saturated carbocycles. The molecule has 2 rings (SSSR count). The first-order chi connectivity index (χ1) is 11.7. The number of carbonyl (C=O) groups excluding carboxylic acids is 2. The van der Waals surface area contributed by atoms with E-state index < -0.39 is 5.60 Å². The summed E-state index contributed by atoms with van der Waals surface area (Å²) in [7, 11) is 0. The Morgan fingerprint density at radius 1 is 1.12 bits per heavy atom. The van der Waals surface area contributed by atoms with Crippen molar-refractivity contribution in [3.63, 3.8) is 0 Å². The van der Waals surface area contributed by atoms with Gasteiger partial charge in [0.25, 0.3) is 5.91 Å². The van der Waals surface area contributed by atoms with Gasteiger partial charge in [-0.1, -0.05) is 15.9 Å². The Morgan fingerprint density at radius 3 is 2.28 bits per heavy atom. The quantitative estimate of drug-likeness (QED) is 0.826. The number of nitrogens with one attached hydrogen (secondary N) is 1. The highest BCUT2D eigenvalue weighted by Crippen LogP contribution is 2.12. The molecule has 0 unspecified atom stereocenters. The van der Waals surface area contributed by atoms with E-state index >= 15 is 0 Å². The van der Waals surface area contributed by atoms with Gasteiger partial charge in [0.1, 0.15) is 5.60 Å². The van der Waals surface area contributed by atoms with Crippen molar-refractivity contribution in [2.75, 3.05) is 39.3 Å². The van der Waals surface area contributed by atoms with Crippen LogP contribution < -0.4 is 5.32 Å². The van der Waals surface area contributed by atoms with E-state index in [0.717, 1.165) is 24.1 Å². The van der Waals surface area contributed by atoms with Gasteiger partial charge in [0.2, 0.25) is 0 Å². The summed E-state index contributed by atoms with van der Waals surface area (Å²) in [5.41, 5.74) is 0.184. The number of carbonyl (C=O) groups is 2. The Kier molecular flexibility index (Phi) is 6.84. The zero-order valence-electron chi connectivity index (χ0n) is 15.0. The van der Waals surface area contributed by atoms with E-state index in [0.29, 0.717) is 25.2 Å². The van der Waals surface area contributed by atoms with Gasteiger partial charge in [-0.2, -0.15) is 0 Å². The highest BCUT2D eigenvalue weighted by molar-refractivity contribution is 9.10. The van der Waals surface area contributed by atoms with Gasteiger partial charge in [0.15, 0.2) is 0 Å². The first-order valence-electron chi connectivity index (χ1n) is 8.49. The van der Waals surface area contributed by atoms with Crippen LogP contribution in [0.3, 0.4) is 0 Å². The molecule has 0 atom stereocenters. The number of nitrogens with zero attached hydrogens (tertiary/aromatic N) is 2. The molecule has 7 heteroatoms. The van der Waals surface area contributed by atoms with Crippen molar-refractivity contribution in [3.05, 3.63) is 34.3 Å². The lowest BCUT2D eigenvalue weighted by molar-refractivity contribution is 0.0147. The van der Waals surface area contributed by atoms with Crippen molar-refractivity contribution in [2.24, 2.45) is 0 Å². The molecule has 1 saturated heterocycles. The Hall–Kier alpha value is -1.60. The number of benzene rings is 1. The molecule has 0 aromatic heterocycles. The summed E-state index contributed by atoms with van der Waals surface area (Å²) in [5.74, 6) is -0.0695. The molecule has 6 nitrogen and oxygen atoms in total. The van der Waals surface area contributed by atoms with Gasteiger partial charge < -0.3 is 15.0 Å². The molecule has 0 aliphatic carbocycles. The maximum absolute atomic E-state index is 12.1. The van der Waals surface area contributed by atoms with E-state index in [1.165, 1.54) is 0 Å². The average Bonchev–Trinajstić information content (AvgIpc) is 2.54. The van der Waals surface area contributed by atoms with Crippen LogP contribution in [-0.2, 0) is 4.74 Å². The van der Waals surface area contributed by atoms with Crippen LogP contribution in [-0.4, -0.2) is 66.7 Å². The number of ether oxygens (including phenoxy) is 1. The fraction of sp³-hybridized carbons (Fsp3) is 0.556. The van der Waals surface area contributed by atoms with Gasteiger partial charge >= 0.3 is 6.09 Å². The van der Waals surface area contributed by atoms with Gasteiger partial charge in [-0.25, -0.2) is 4.79 Å². The van der Waals surface area contributed by atoms with Gasteiger partial charge in [-0.3, -0.25) is 9.69 Å². The van der Waals surface area contributed by atoms with Gasteiger partial charge in [0.05, 0.1) is 0 Å². The minimum Gasteiger partial charge on any atom is -0.444 e. The first kappa shape index (κ1) is 19.7. The molecular weight excluding hydrogens is 386 g/mol. The largest absolute Gasteiger partial charge is 0.444 e. The summed E-state index contributed by atoms with van der Waals surface area (Å²) >= 11 is 3.35. The Balaban J connectivity index is 1.68. The van der Waals surface area contributed by atoms with Crippen LogP contribution in [0.1, 0.15) is 31.1 Å². The molecule has 0 spiro atoms. The van der Waals surface area contributed by atoms with Crippen LogP contribution in [0.5, 0.6) is 0 Å². The standard InChI is InChI=1S/C18H26BrN3O3/c1-18(2,3)25-17(24)22-12-10-21(11-13-22)9-8-20-16(23)14-4-6-15(19)7-5-14/h4-7H,8-13H2,1-3H3,(H,20,23). The second-order valence-corrected chi connectivity index (χ2v) is 7.99. The molecule has 1 aromatic carbocycles. The van der Waals surface area contributed by atoms with Crippen LogP contribution >= 0.6 is 15.9 Å². The predicted molar refractivity (Wildman–Crippen MR) is 101 cm³/mol. The highest BCUT2D eigenvalue weighted by Gasteiger charge is 2.25. The van der Waals surface area contributed by atoms with Crippen molar-refractivity contribution < 1.29 is 14.3 Å². The number of halogens is 1. The van der Waals surface area contributed by atoms with Gasteiger partial charge in [-0.05, 0) is 45.0 Å². The number of amides is 2. The van der Waals surface area contributed by atoms with Crippen LogP contribution in [0, 0.1) is 0 Å². The average molecular weight is 412 g/mol. The van der Waals surface area contributed by atoms with Crippen molar-refractivity contribution in [1.29, 1.82) is 0 Å². The SMILES string of the molecule is CC(C)(C)OC(=O)N1CCN(CCNC(=O)c2ccc(Br)cc2)CC1. The Labute approximate surface area is 157 Å². The van der Waals surface area contributed by atoms with Crippen LogP contribution in [0.25, 0.3) is 0 Å². The van der Waals surface area contributed by atoms with E-state index in [2.05, 4.69) is 26.1 Å². The van der Waals surface area contributed by atoms with E-state index in [4.69, 9.17) is 4.74 Å². The third kappa shape index (κ3) is 6.66. The zero-order valence-corrected chi connectivity index (χ0v) is 16.6. The zero-order chi connectivity index (χ0) is 18.4. The minimum atomic E-state index is -0.467. The second kappa shape index (κ2) is 8.67. The molecule has 2 amide bonds. The number of hydrogen-bond acceptors (Lipinski definition) is 4. The van der Waals surface area contributed by atoms with Crippen LogP contribution in [0.2, 0.25) is 0 Å². The molecule has 138 valence electrons. The lowest BCUT2D eigenvalue weighted by atomic mass is 10.2. The maximum atomic E-state index is 12.1. The predicted octanol–water partition coefficient (Wildman–Crippen LogP) is 2.73. The third-order valence-electron chi connectivity index (χ3n) is 3.84. The van der Waals surface area contributed by atoms with Crippen LogP contribution in [0.15, 0.2) is 28.7 Å². The van der Waals surface area contributed by atoms with Crippen molar-refractivity contribution in [3.8, 4) is 0 Å². The van der Waals surface area contributed by atoms with E-state index in [-0.39, 0.29) is 12.0 Å². The monoisotopic (exact) mass is 411 g/mol. The summed E-state index contributed by atoms with van der Waals surface area (Å²) in [5, 5.41) is 2.93. The van der Waals surface area contributed by atoms with Crippen molar-refractivity contribution >= 4 is 27.9 Å². The molecular formula is C18H26BrN3O3. The molecule has 1 aromatic rings. The summed E-state index contributed by atoms with van der Waals surface area (Å²) in [6.45, 7) is 9.83. The van der Waals surface area contributed by atoms with Gasteiger partial charge in [-0.15, -0.1) is 0 Å². The molecule has 1 heterocycles. The first-order valence-corrected chi connectivity index (χ1v) is 9.28. The summed E-state index contributed by atoms with van der Waals surface area (Å²) in [6.07, 6.45) is -0.254. The molecule has 1 N–H and O–H groups in total. The van der Waals surface area contributed by atoms with Crippen LogP contribution in [0.4, 0.5) is 4.79 Å². The smallest absolute Gasteiger partial charge is 0.410 e. The Bertz CT molecular complexity index is 591. The number of rotatable bonds is 4. The minimum absolute atomic E-state index is 0.0695. The van der Waals surface area contributed by atoms with Gasteiger partial charge in [0, 0.05) is 49.3 Å². The molecule has 1 fully saturated rings.